The van der Waals surface area contributed by atoms with Crippen LogP contribution in [0, 0.1) is 5.82 Å². The summed E-state index contributed by atoms with van der Waals surface area (Å²) >= 11 is 0. The molecule has 1 amide bonds. The first kappa shape index (κ1) is 18.6. The van der Waals surface area contributed by atoms with Gasteiger partial charge in [0.2, 0.25) is 0 Å². The number of piperidine rings is 1. The highest BCUT2D eigenvalue weighted by molar-refractivity contribution is 5.94. The molecule has 7 nitrogen and oxygen atoms in total. The van der Waals surface area contributed by atoms with Crippen LogP contribution in [-0.4, -0.2) is 63.0 Å². The molecule has 1 aliphatic heterocycles. The Morgan fingerprint density at radius 2 is 2.25 bits per heavy atom. The smallest absolute Gasteiger partial charge is 0.271 e. The first-order valence-electron chi connectivity index (χ1n) is 9.51. The Bertz CT molecular complexity index is 996. The SMILES string of the molecule is Cn1nc(C(=O)NCCN2CCC[C@H](O)C2)cc1-c1cc2cc(F)ccc2[nH]1. The molecule has 2 aromatic heterocycles. The second kappa shape index (κ2) is 7.73. The Hall–Kier alpha value is -2.71. The number of nitrogens with zero attached hydrogens (tertiary/aromatic N) is 3. The van der Waals surface area contributed by atoms with Gasteiger partial charge in [-0.3, -0.25) is 14.4 Å². The number of β-amino-alcohol motifs (C(OH)–C–C–N with tert-alkyl or cyclic N) is 1. The second-order valence-electron chi connectivity index (χ2n) is 7.31. The molecule has 3 heterocycles. The fourth-order valence-corrected chi connectivity index (χ4v) is 3.72. The van der Waals surface area contributed by atoms with Crippen molar-refractivity contribution in [3.05, 3.63) is 41.8 Å². The second-order valence-corrected chi connectivity index (χ2v) is 7.31. The van der Waals surface area contributed by atoms with Crippen LogP contribution in [0.2, 0.25) is 0 Å². The van der Waals surface area contributed by atoms with E-state index in [1.54, 1.807) is 23.9 Å². The minimum absolute atomic E-state index is 0.235. The number of aromatic nitrogens is 3. The Balaban J connectivity index is 1.42. The van der Waals surface area contributed by atoms with Crippen molar-refractivity contribution in [3.63, 3.8) is 0 Å². The Kier molecular flexibility index (Phi) is 5.15. The largest absolute Gasteiger partial charge is 0.392 e. The number of hydrogen-bond acceptors (Lipinski definition) is 4. The summed E-state index contributed by atoms with van der Waals surface area (Å²) in [6.07, 6.45) is 1.56. The first-order chi connectivity index (χ1) is 13.5. The van der Waals surface area contributed by atoms with Gasteiger partial charge in [-0.05, 0) is 49.7 Å². The number of amides is 1. The van der Waals surface area contributed by atoms with Crippen LogP contribution < -0.4 is 5.32 Å². The summed E-state index contributed by atoms with van der Waals surface area (Å²) in [7, 11) is 1.77. The van der Waals surface area contributed by atoms with Gasteiger partial charge in [0.25, 0.3) is 5.91 Å². The van der Waals surface area contributed by atoms with E-state index in [0.717, 1.165) is 41.7 Å². The van der Waals surface area contributed by atoms with Crippen molar-refractivity contribution >= 4 is 16.8 Å². The molecule has 3 aromatic rings. The maximum absolute atomic E-state index is 13.4. The van der Waals surface area contributed by atoms with Gasteiger partial charge in [0, 0.05) is 37.6 Å². The molecule has 0 aliphatic carbocycles. The zero-order valence-corrected chi connectivity index (χ0v) is 15.8. The lowest BCUT2D eigenvalue weighted by atomic mass is 10.1. The number of benzene rings is 1. The lowest BCUT2D eigenvalue weighted by Crippen LogP contribution is -2.42. The highest BCUT2D eigenvalue weighted by atomic mass is 19.1. The van der Waals surface area contributed by atoms with E-state index in [-0.39, 0.29) is 17.8 Å². The van der Waals surface area contributed by atoms with E-state index in [9.17, 15) is 14.3 Å². The summed E-state index contributed by atoms with van der Waals surface area (Å²) in [6.45, 7) is 2.81. The van der Waals surface area contributed by atoms with Crippen molar-refractivity contribution in [1.29, 1.82) is 0 Å². The van der Waals surface area contributed by atoms with Crippen LogP contribution in [0.25, 0.3) is 22.3 Å². The molecule has 3 N–H and O–H groups in total. The van der Waals surface area contributed by atoms with E-state index < -0.39 is 0 Å². The molecule has 1 saturated heterocycles. The minimum atomic E-state index is -0.288. The summed E-state index contributed by atoms with van der Waals surface area (Å²) in [5, 5.41) is 17.7. The average Bonchev–Trinajstić information content (AvgIpc) is 3.24. The maximum Gasteiger partial charge on any atom is 0.271 e. The van der Waals surface area contributed by atoms with E-state index in [0.29, 0.717) is 25.3 Å². The monoisotopic (exact) mass is 385 g/mol. The van der Waals surface area contributed by atoms with Gasteiger partial charge in [-0.15, -0.1) is 0 Å². The number of hydrogen-bond donors (Lipinski definition) is 3. The minimum Gasteiger partial charge on any atom is -0.392 e. The van der Waals surface area contributed by atoms with Crippen molar-refractivity contribution in [3.8, 4) is 11.4 Å². The first-order valence-corrected chi connectivity index (χ1v) is 9.51. The fourth-order valence-electron chi connectivity index (χ4n) is 3.72. The number of carbonyl (C=O) groups excluding carboxylic acids is 1. The highest BCUT2D eigenvalue weighted by Gasteiger charge is 2.18. The van der Waals surface area contributed by atoms with Gasteiger partial charge in [0.15, 0.2) is 5.69 Å². The van der Waals surface area contributed by atoms with Gasteiger partial charge in [0.1, 0.15) is 5.82 Å². The predicted octanol–water partition coefficient (Wildman–Crippen LogP) is 1.89. The van der Waals surface area contributed by atoms with Gasteiger partial charge in [-0.1, -0.05) is 0 Å². The Morgan fingerprint density at radius 3 is 3.07 bits per heavy atom. The average molecular weight is 385 g/mol. The van der Waals surface area contributed by atoms with Crippen molar-refractivity contribution in [2.75, 3.05) is 26.2 Å². The molecule has 0 unspecified atom stereocenters. The number of aromatic amines is 1. The molecule has 0 bridgehead atoms. The summed E-state index contributed by atoms with van der Waals surface area (Å²) in [4.78, 5) is 17.8. The molecule has 1 fully saturated rings. The standard InChI is InChI=1S/C20H24FN5O2/c1-25-19(17-10-13-9-14(21)4-5-16(13)23-17)11-18(24-25)20(28)22-6-8-26-7-2-3-15(27)12-26/h4-5,9-11,15,23,27H,2-3,6-8,12H2,1H3,(H,22,28)/t15-/m0/s1. The molecule has 4 rings (SSSR count). The molecular weight excluding hydrogens is 361 g/mol. The number of rotatable bonds is 5. The zero-order valence-electron chi connectivity index (χ0n) is 15.8. The summed E-state index contributed by atoms with van der Waals surface area (Å²) in [5.41, 5.74) is 2.69. The zero-order chi connectivity index (χ0) is 19.7. The lowest BCUT2D eigenvalue weighted by molar-refractivity contribution is 0.0702. The van der Waals surface area contributed by atoms with E-state index in [2.05, 4.69) is 20.3 Å². The number of aliphatic hydroxyl groups excluding tert-OH is 1. The molecule has 0 saturated carbocycles. The van der Waals surface area contributed by atoms with Crippen LogP contribution in [0.3, 0.4) is 0 Å². The maximum atomic E-state index is 13.4. The number of likely N-dealkylation sites (tertiary alicyclic amines) is 1. The number of carbonyl (C=O) groups is 1. The van der Waals surface area contributed by atoms with Crippen molar-refractivity contribution < 1.29 is 14.3 Å². The van der Waals surface area contributed by atoms with Gasteiger partial charge < -0.3 is 15.4 Å². The molecule has 1 aromatic carbocycles. The Morgan fingerprint density at radius 1 is 1.39 bits per heavy atom. The number of nitrogens with one attached hydrogen (secondary N) is 2. The summed E-state index contributed by atoms with van der Waals surface area (Å²) in [5.74, 6) is -0.522. The van der Waals surface area contributed by atoms with Gasteiger partial charge in [0.05, 0.1) is 17.5 Å². The third kappa shape index (κ3) is 3.93. The topological polar surface area (TPSA) is 86.2 Å². The predicted molar refractivity (Wildman–Crippen MR) is 104 cm³/mol. The Labute approximate surface area is 162 Å². The highest BCUT2D eigenvalue weighted by Crippen LogP contribution is 2.25. The van der Waals surface area contributed by atoms with E-state index in [1.165, 1.54) is 12.1 Å². The molecule has 0 radical (unpaired) electrons. The fraction of sp³-hybridized carbons (Fsp3) is 0.400. The molecular formula is C20H24FN5O2. The van der Waals surface area contributed by atoms with Crippen LogP contribution in [0.5, 0.6) is 0 Å². The van der Waals surface area contributed by atoms with Crippen molar-refractivity contribution in [2.45, 2.75) is 18.9 Å². The van der Waals surface area contributed by atoms with Crippen LogP contribution in [0.15, 0.2) is 30.3 Å². The molecule has 148 valence electrons. The van der Waals surface area contributed by atoms with E-state index >= 15 is 0 Å². The number of aryl methyl sites for hydroxylation is 1. The number of H-pyrrole nitrogens is 1. The van der Waals surface area contributed by atoms with Gasteiger partial charge >= 0.3 is 0 Å². The number of aliphatic hydroxyl groups is 1. The van der Waals surface area contributed by atoms with E-state index in [1.807, 2.05) is 6.07 Å². The third-order valence-electron chi connectivity index (χ3n) is 5.17. The number of fused-ring (bicyclic) bond motifs is 1. The number of halogens is 1. The van der Waals surface area contributed by atoms with Crippen LogP contribution in [0.4, 0.5) is 4.39 Å². The van der Waals surface area contributed by atoms with Crippen LogP contribution in [0.1, 0.15) is 23.3 Å². The third-order valence-corrected chi connectivity index (χ3v) is 5.17. The normalized spacial score (nSPS) is 17.9. The molecule has 1 aliphatic rings. The lowest BCUT2D eigenvalue weighted by Gasteiger charge is -2.29. The molecule has 8 heteroatoms. The summed E-state index contributed by atoms with van der Waals surface area (Å²) < 4.78 is 15.0. The van der Waals surface area contributed by atoms with Crippen molar-refractivity contribution in [2.24, 2.45) is 7.05 Å². The molecule has 1 atom stereocenters. The van der Waals surface area contributed by atoms with Gasteiger partial charge in [-0.25, -0.2) is 4.39 Å². The molecule has 0 spiro atoms. The van der Waals surface area contributed by atoms with Crippen LogP contribution in [-0.2, 0) is 7.05 Å². The van der Waals surface area contributed by atoms with Crippen molar-refractivity contribution in [1.82, 2.24) is 25.0 Å². The summed E-state index contributed by atoms with van der Waals surface area (Å²) in [6, 6.07) is 8.14. The van der Waals surface area contributed by atoms with Crippen LogP contribution >= 0.6 is 0 Å². The van der Waals surface area contributed by atoms with Gasteiger partial charge in [-0.2, -0.15) is 5.10 Å². The van der Waals surface area contributed by atoms with E-state index in [4.69, 9.17) is 0 Å². The molecule has 28 heavy (non-hydrogen) atoms. The quantitative estimate of drug-likeness (QED) is 0.626.